The number of nitrogens with zero attached hydrogens (tertiary/aromatic N) is 2. The lowest BCUT2D eigenvalue weighted by atomic mass is 9.53. The summed E-state index contributed by atoms with van der Waals surface area (Å²) in [4.78, 5) is 2.85. The fourth-order valence-corrected chi connectivity index (χ4v) is 21.7. The fraction of sp³-hybridized carbons (Fsp3) is 0.615. The van der Waals surface area contributed by atoms with Crippen LogP contribution in [0.4, 0.5) is 35.7 Å². The predicted octanol–water partition coefficient (Wildman–Crippen LogP) is 13.2. The number of para-hydroxylation sites is 4. The summed E-state index contributed by atoms with van der Waals surface area (Å²) in [5, 5.41) is 8.29. The number of hydrogen-bond donors (Lipinski definition) is 2. The van der Waals surface area contributed by atoms with Gasteiger partial charge in [0, 0.05) is 69.4 Å². The van der Waals surface area contributed by atoms with E-state index in [0.29, 0.717) is 24.2 Å². The van der Waals surface area contributed by atoms with Gasteiger partial charge in [-0.25, -0.2) is 9.48 Å². The van der Waals surface area contributed by atoms with Crippen molar-refractivity contribution in [2.45, 2.75) is 153 Å². The van der Waals surface area contributed by atoms with E-state index >= 15 is 0 Å². The van der Waals surface area contributed by atoms with Gasteiger partial charge in [-0.15, -0.1) is 0 Å². The molecule has 0 aromatic heterocycles. The van der Waals surface area contributed by atoms with Crippen LogP contribution in [0.3, 0.4) is 0 Å². The van der Waals surface area contributed by atoms with Gasteiger partial charge in [-0.05, 0) is 236 Å². The van der Waals surface area contributed by atoms with Crippen LogP contribution in [0, 0.1) is 94.7 Å². The summed E-state index contributed by atoms with van der Waals surface area (Å²) in [5.74, 6) is 15.3. The van der Waals surface area contributed by atoms with Crippen molar-refractivity contribution in [2.24, 2.45) is 94.7 Å². The summed E-state index contributed by atoms with van der Waals surface area (Å²) in [6.45, 7) is 0. The minimum Gasteiger partial charge on any atom is -1.00 e. The summed E-state index contributed by atoms with van der Waals surface area (Å²) in [7, 11) is -3.67. The smallest absolute Gasteiger partial charge is 0.762 e. The number of benzene rings is 4. The Morgan fingerprint density at radius 3 is 1.12 bits per heavy atom. The minimum absolute atomic E-state index is 0. The Kier molecular flexibility index (Phi) is 12.6. The van der Waals surface area contributed by atoms with Crippen molar-refractivity contribution in [1.82, 2.24) is 0 Å². The van der Waals surface area contributed by atoms with Crippen LogP contribution in [0.2, 0.25) is 0 Å². The van der Waals surface area contributed by atoms with Crippen LogP contribution in [0.1, 0.15) is 128 Å². The third-order valence-electron chi connectivity index (χ3n) is 23.1. The summed E-state index contributed by atoms with van der Waals surface area (Å²) in [6.07, 6.45) is 32.4. The summed E-state index contributed by atoms with van der Waals surface area (Å²) < 4.78 is 31.9. The van der Waals surface area contributed by atoms with Gasteiger partial charge in [-0.2, -0.15) is 0 Å². The van der Waals surface area contributed by atoms with Crippen molar-refractivity contribution >= 4 is 36.6 Å². The molecule has 21 rings (SSSR count). The molecule has 4 nitrogen and oxygen atoms in total. The van der Waals surface area contributed by atoms with E-state index in [0.717, 1.165) is 94.7 Å². The maximum atomic E-state index is 9.67. The van der Waals surface area contributed by atoms with E-state index < -0.39 is 7.54 Å². The monoisotopic (exact) mass is 1000 g/mol. The predicted molar refractivity (Wildman–Crippen MR) is 292 cm³/mol. The lowest BCUT2D eigenvalue weighted by Crippen LogP contribution is -3.00. The molecule has 390 valence electrons. The van der Waals surface area contributed by atoms with Crippen LogP contribution in [-0.2, 0) is 0 Å². The first-order valence-corrected chi connectivity index (χ1v) is 30.0. The SMILES string of the molecule is C1=[N+](C2C3CC4CC(C3)CC2C4)c2ccccc2-c2ccccc2N1C1C2CC3CC(C2)CC1C3.FB(F)F.[F-].c1ccc(-c2ccccc2NC2C3CC4CC(C3)CC2C4)c(NC2C3CC4CC(C3)CC2C4)c1. The molecule has 16 bridgehead atoms. The molecule has 17 aliphatic rings. The molecule has 9 heteroatoms. The Morgan fingerprint density at radius 2 is 0.703 bits per heavy atom. The second-order valence-electron chi connectivity index (χ2n) is 27.3. The first-order chi connectivity index (χ1) is 35.8. The van der Waals surface area contributed by atoms with Gasteiger partial charge >= 0.3 is 7.54 Å². The summed E-state index contributed by atoms with van der Waals surface area (Å²) in [5.41, 5.74) is 11.4. The van der Waals surface area contributed by atoms with Crippen molar-refractivity contribution in [2.75, 3.05) is 15.5 Å². The highest BCUT2D eigenvalue weighted by Gasteiger charge is 2.56. The van der Waals surface area contributed by atoms with Gasteiger partial charge in [0.15, 0.2) is 0 Å². The van der Waals surface area contributed by atoms with Crippen LogP contribution in [0.5, 0.6) is 0 Å². The molecule has 4 aromatic rings. The number of rotatable bonds is 7. The highest BCUT2D eigenvalue weighted by molar-refractivity contribution is 6.33. The molecule has 1 aliphatic heterocycles. The number of nitrogens with one attached hydrogen (secondary N) is 2. The van der Waals surface area contributed by atoms with Gasteiger partial charge in [0.1, 0.15) is 23.5 Å². The van der Waals surface area contributed by atoms with Crippen LogP contribution < -0.4 is 20.2 Å². The van der Waals surface area contributed by atoms with E-state index in [1.54, 1.807) is 0 Å². The van der Waals surface area contributed by atoms with Gasteiger partial charge in [0.2, 0.25) is 6.34 Å². The minimum atomic E-state index is -3.67. The summed E-state index contributed by atoms with van der Waals surface area (Å²) in [6, 6.07) is 39.9. The van der Waals surface area contributed by atoms with Gasteiger partial charge in [-0.1, -0.05) is 60.7 Å². The van der Waals surface area contributed by atoms with E-state index in [1.165, 1.54) is 173 Å². The maximum Gasteiger partial charge on any atom is 0.762 e. The van der Waals surface area contributed by atoms with E-state index in [4.69, 9.17) is 0 Å². The topological polar surface area (TPSA) is 30.3 Å². The molecular formula is C65H79BF4N4. The van der Waals surface area contributed by atoms with Crippen molar-refractivity contribution in [3.05, 3.63) is 97.1 Å². The van der Waals surface area contributed by atoms with Crippen LogP contribution in [-0.4, -0.2) is 42.6 Å². The number of halogens is 4. The van der Waals surface area contributed by atoms with Gasteiger partial charge < -0.3 is 15.3 Å². The lowest BCUT2D eigenvalue weighted by molar-refractivity contribution is -0.515. The van der Waals surface area contributed by atoms with E-state index in [2.05, 4.69) is 124 Å². The van der Waals surface area contributed by atoms with E-state index in [-0.39, 0.29) is 4.70 Å². The Hall–Kier alpha value is -4.27. The van der Waals surface area contributed by atoms with Crippen LogP contribution >= 0.6 is 0 Å². The molecule has 74 heavy (non-hydrogen) atoms. The Bertz CT molecular complexity index is 2520. The van der Waals surface area contributed by atoms with Crippen molar-refractivity contribution < 1.29 is 22.2 Å². The molecule has 1 heterocycles. The van der Waals surface area contributed by atoms with Crippen molar-refractivity contribution in [1.29, 1.82) is 0 Å². The molecule has 0 unspecified atom stereocenters. The van der Waals surface area contributed by atoms with Gasteiger partial charge in [-0.3, -0.25) is 12.9 Å². The number of hydrogen-bond acceptors (Lipinski definition) is 3. The molecule has 0 amide bonds. The van der Waals surface area contributed by atoms with Gasteiger partial charge in [0.05, 0.1) is 0 Å². The second kappa shape index (κ2) is 19.3. The highest BCUT2D eigenvalue weighted by Crippen LogP contribution is 2.60. The largest absolute Gasteiger partial charge is 1.00 e. The normalized spacial score (nSPS) is 41.1. The van der Waals surface area contributed by atoms with E-state index in [1.807, 2.05) is 0 Å². The number of anilines is 3. The molecule has 2 N–H and O–H groups in total. The number of fused-ring (bicyclic) bond motifs is 3. The first-order valence-electron chi connectivity index (χ1n) is 30.0. The van der Waals surface area contributed by atoms with Crippen molar-refractivity contribution in [3.8, 4) is 22.3 Å². The zero-order chi connectivity index (χ0) is 48.5. The van der Waals surface area contributed by atoms with Crippen LogP contribution in [0.15, 0.2) is 97.1 Å². The van der Waals surface area contributed by atoms with Crippen LogP contribution in [0.25, 0.3) is 22.3 Å². The zero-order valence-electron chi connectivity index (χ0n) is 43.5. The lowest BCUT2D eigenvalue weighted by Gasteiger charge is -2.55. The second-order valence-corrected chi connectivity index (χ2v) is 27.3. The van der Waals surface area contributed by atoms with E-state index in [9.17, 15) is 12.9 Å². The molecule has 4 aromatic carbocycles. The molecule has 16 aliphatic carbocycles. The zero-order valence-corrected chi connectivity index (χ0v) is 43.5. The molecule has 0 saturated heterocycles. The quantitative estimate of drug-likeness (QED) is 0.110. The average molecular weight is 1000 g/mol. The molecule has 0 radical (unpaired) electrons. The third kappa shape index (κ3) is 8.56. The van der Waals surface area contributed by atoms with Gasteiger partial charge in [0.25, 0.3) is 0 Å². The maximum absolute atomic E-state index is 9.67. The molecule has 0 atom stereocenters. The third-order valence-corrected chi connectivity index (χ3v) is 23.1. The standard InChI is InChI=1S/C33H39N2.C32H40N2.BF3.FH/c1-3-7-30-28(5-1)29-6-2-4-8-31(29)35(33-26-15-22-10-23(17-26)18-27(33)16-22)19-34(30)32-24-11-20-9-21(13-24)14-25(32)12-20;1-3-7-29(33-31-23-11-19-9-20(13-23)14-24(31)12-19)27(5-1)28-6-2-4-8-30(28)34-32-25-15-21-10-22(17-25)18-26(32)16-21;2-1(3)4;/h1-8,19-27,32-33H,9-18H2;1-8,19-26,31-34H,9-18H2;;1H/q+1;;;/p-1. The molecule has 0 spiro atoms. The first kappa shape index (κ1) is 48.1. The Morgan fingerprint density at radius 1 is 0.378 bits per heavy atom. The highest BCUT2D eigenvalue weighted by atomic mass is 19.4. The average Bonchev–Trinajstić information content (AvgIpc) is 3.51. The fourth-order valence-electron chi connectivity index (χ4n) is 21.7. The van der Waals surface area contributed by atoms with Crippen molar-refractivity contribution in [3.63, 3.8) is 0 Å². The molecular weight excluding hydrogens is 924 g/mol. The summed E-state index contributed by atoms with van der Waals surface area (Å²) >= 11 is 0. The molecule has 16 saturated carbocycles. The molecule has 16 fully saturated rings. The Balaban J connectivity index is 0.000000126. The Labute approximate surface area is 439 Å².